The van der Waals surface area contributed by atoms with E-state index in [1.54, 1.807) is 35.2 Å². The molecule has 1 atom stereocenters. The third kappa shape index (κ3) is 2.98. The Morgan fingerprint density at radius 3 is 2.80 bits per heavy atom. The molecular weight excluding hydrogens is 341 g/mol. The number of fused-ring (bicyclic) bond motifs is 1. The predicted octanol–water partition coefficient (Wildman–Crippen LogP) is 3.49. The number of phenols is 1. The molecule has 3 aromatic rings. The summed E-state index contributed by atoms with van der Waals surface area (Å²) in [6.45, 7) is 0. The molecule has 2 heterocycles. The minimum atomic E-state index is -0.341. The highest BCUT2D eigenvalue weighted by atomic mass is 32.2. The number of nitrogens with one attached hydrogen (secondary N) is 1. The molecule has 5 nitrogen and oxygen atoms in total. The van der Waals surface area contributed by atoms with Crippen LogP contribution in [0.5, 0.6) is 5.75 Å². The van der Waals surface area contributed by atoms with E-state index in [1.807, 2.05) is 12.1 Å². The highest BCUT2D eigenvalue weighted by molar-refractivity contribution is 8.00. The Bertz CT molecular complexity index is 940. The molecular formula is C18H14FN3O2S. The number of halogens is 1. The topological polar surface area (TPSA) is 67.1 Å². The SMILES string of the molecule is O=C1CS[C@H](c2ccc(O)cc2)c2c(ncn2-c2cccc(F)c2)N1. The summed E-state index contributed by atoms with van der Waals surface area (Å²) in [7, 11) is 0. The molecule has 7 heteroatoms. The summed E-state index contributed by atoms with van der Waals surface area (Å²) in [6, 6.07) is 13.1. The van der Waals surface area contributed by atoms with Crippen LogP contribution in [0.1, 0.15) is 16.5 Å². The number of amides is 1. The van der Waals surface area contributed by atoms with Gasteiger partial charge < -0.3 is 10.4 Å². The summed E-state index contributed by atoms with van der Waals surface area (Å²) in [5, 5.41) is 12.2. The summed E-state index contributed by atoms with van der Waals surface area (Å²) in [6.07, 6.45) is 1.58. The van der Waals surface area contributed by atoms with E-state index in [2.05, 4.69) is 10.3 Å². The molecule has 1 aromatic heterocycles. The monoisotopic (exact) mass is 355 g/mol. The van der Waals surface area contributed by atoms with Crippen LogP contribution in [0.25, 0.3) is 5.69 Å². The molecule has 1 amide bonds. The van der Waals surface area contributed by atoms with Crippen molar-refractivity contribution in [3.63, 3.8) is 0 Å². The Labute approximate surface area is 147 Å². The highest BCUT2D eigenvalue weighted by Crippen LogP contribution is 2.42. The molecule has 0 bridgehead atoms. The van der Waals surface area contributed by atoms with E-state index in [9.17, 15) is 14.3 Å². The van der Waals surface area contributed by atoms with Gasteiger partial charge in [-0.1, -0.05) is 18.2 Å². The molecule has 0 unspecified atom stereocenters. The highest BCUT2D eigenvalue weighted by Gasteiger charge is 2.29. The van der Waals surface area contributed by atoms with Crippen LogP contribution in [-0.2, 0) is 4.79 Å². The second-order valence-electron chi connectivity index (χ2n) is 5.66. The lowest BCUT2D eigenvalue weighted by atomic mass is 10.1. The van der Waals surface area contributed by atoms with Crippen molar-refractivity contribution in [2.45, 2.75) is 5.25 Å². The van der Waals surface area contributed by atoms with Gasteiger partial charge in [-0.05, 0) is 35.9 Å². The van der Waals surface area contributed by atoms with Crippen LogP contribution < -0.4 is 5.32 Å². The number of rotatable bonds is 2. The van der Waals surface area contributed by atoms with Crippen LogP contribution in [0.3, 0.4) is 0 Å². The van der Waals surface area contributed by atoms with Gasteiger partial charge in [0, 0.05) is 5.69 Å². The predicted molar refractivity (Wildman–Crippen MR) is 94.6 cm³/mol. The zero-order valence-electron chi connectivity index (χ0n) is 13.0. The standard InChI is InChI=1S/C18H14FN3O2S/c19-12-2-1-3-13(8-12)22-10-20-18-16(22)17(25-9-15(24)21-18)11-4-6-14(23)7-5-11/h1-8,10,17,23H,9H2,(H,21,24)/t17-/m1/s1. The number of aromatic nitrogens is 2. The van der Waals surface area contributed by atoms with Gasteiger partial charge in [0.05, 0.1) is 16.7 Å². The quantitative estimate of drug-likeness (QED) is 0.738. The van der Waals surface area contributed by atoms with Crippen molar-refractivity contribution in [1.82, 2.24) is 9.55 Å². The number of carbonyl (C=O) groups is 1. The van der Waals surface area contributed by atoms with Gasteiger partial charge in [0.2, 0.25) is 5.91 Å². The van der Waals surface area contributed by atoms with Crippen molar-refractivity contribution >= 4 is 23.5 Å². The largest absolute Gasteiger partial charge is 0.508 e. The number of imidazole rings is 1. The van der Waals surface area contributed by atoms with Crippen molar-refractivity contribution in [3.05, 3.63) is 71.9 Å². The number of carbonyl (C=O) groups excluding carboxylic acids is 1. The van der Waals surface area contributed by atoms with Gasteiger partial charge in [0.15, 0.2) is 5.82 Å². The van der Waals surface area contributed by atoms with Crippen LogP contribution >= 0.6 is 11.8 Å². The first-order valence-electron chi connectivity index (χ1n) is 7.65. The molecule has 0 spiro atoms. The first-order valence-corrected chi connectivity index (χ1v) is 8.70. The third-order valence-electron chi connectivity index (χ3n) is 3.97. The fourth-order valence-electron chi connectivity index (χ4n) is 2.85. The molecule has 2 N–H and O–H groups in total. The maximum absolute atomic E-state index is 13.7. The molecule has 25 heavy (non-hydrogen) atoms. The number of thioether (sulfide) groups is 1. The van der Waals surface area contributed by atoms with Gasteiger partial charge in [0.25, 0.3) is 0 Å². The minimum Gasteiger partial charge on any atom is -0.508 e. The van der Waals surface area contributed by atoms with Gasteiger partial charge in [-0.2, -0.15) is 0 Å². The normalized spacial score (nSPS) is 16.8. The van der Waals surface area contributed by atoms with Gasteiger partial charge in [-0.25, -0.2) is 9.37 Å². The van der Waals surface area contributed by atoms with Gasteiger partial charge in [-0.15, -0.1) is 11.8 Å². The van der Waals surface area contributed by atoms with Crippen molar-refractivity contribution in [1.29, 1.82) is 0 Å². The zero-order chi connectivity index (χ0) is 17.4. The molecule has 1 aliphatic rings. The summed E-state index contributed by atoms with van der Waals surface area (Å²) >= 11 is 1.46. The van der Waals surface area contributed by atoms with Crippen LogP contribution in [0.4, 0.5) is 10.2 Å². The van der Waals surface area contributed by atoms with Crippen molar-refractivity contribution in [2.75, 3.05) is 11.1 Å². The molecule has 2 aromatic carbocycles. The Morgan fingerprint density at radius 2 is 2.04 bits per heavy atom. The Kier molecular flexibility index (Phi) is 3.93. The summed E-state index contributed by atoms with van der Waals surface area (Å²) in [4.78, 5) is 16.3. The Morgan fingerprint density at radius 1 is 1.24 bits per heavy atom. The average molecular weight is 355 g/mol. The fourth-order valence-corrected chi connectivity index (χ4v) is 3.97. The summed E-state index contributed by atoms with van der Waals surface area (Å²) in [5.41, 5.74) is 2.33. The van der Waals surface area contributed by atoms with Crippen molar-refractivity contribution in [2.24, 2.45) is 0 Å². The molecule has 0 aliphatic carbocycles. The molecule has 0 fully saturated rings. The molecule has 1 aliphatic heterocycles. The Balaban J connectivity index is 1.88. The third-order valence-corrected chi connectivity index (χ3v) is 5.23. The molecule has 0 saturated carbocycles. The maximum Gasteiger partial charge on any atom is 0.235 e. The van der Waals surface area contributed by atoms with Crippen LogP contribution in [-0.4, -0.2) is 26.3 Å². The fraction of sp³-hybridized carbons (Fsp3) is 0.111. The molecule has 0 radical (unpaired) electrons. The van der Waals surface area contributed by atoms with E-state index < -0.39 is 0 Å². The van der Waals surface area contributed by atoms with E-state index in [0.29, 0.717) is 11.5 Å². The first kappa shape index (κ1) is 15.7. The van der Waals surface area contributed by atoms with E-state index in [1.165, 1.54) is 23.9 Å². The van der Waals surface area contributed by atoms with E-state index in [0.717, 1.165) is 11.3 Å². The first-order chi connectivity index (χ1) is 12.1. The van der Waals surface area contributed by atoms with E-state index >= 15 is 0 Å². The number of hydrogen-bond acceptors (Lipinski definition) is 4. The Hall–Kier alpha value is -2.80. The molecule has 4 rings (SSSR count). The lowest BCUT2D eigenvalue weighted by Crippen LogP contribution is -2.12. The van der Waals surface area contributed by atoms with Crippen molar-refractivity contribution in [3.8, 4) is 11.4 Å². The number of aromatic hydroxyl groups is 1. The van der Waals surface area contributed by atoms with Gasteiger partial charge in [0.1, 0.15) is 17.9 Å². The van der Waals surface area contributed by atoms with E-state index in [4.69, 9.17) is 0 Å². The van der Waals surface area contributed by atoms with Crippen LogP contribution in [0, 0.1) is 5.82 Å². The second kappa shape index (κ2) is 6.25. The van der Waals surface area contributed by atoms with Gasteiger partial charge in [-0.3, -0.25) is 9.36 Å². The minimum absolute atomic E-state index is 0.128. The lowest BCUT2D eigenvalue weighted by molar-refractivity contribution is -0.113. The molecule has 0 saturated heterocycles. The summed E-state index contributed by atoms with van der Waals surface area (Å²) < 4.78 is 15.4. The number of phenolic OH excluding ortho intramolecular Hbond substituents is 1. The van der Waals surface area contributed by atoms with Crippen LogP contribution in [0.2, 0.25) is 0 Å². The van der Waals surface area contributed by atoms with Crippen molar-refractivity contribution < 1.29 is 14.3 Å². The number of anilines is 1. The van der Waals surface area contributed by atoms with Crippen LogP contribution in [0.15, 0.2) is 54.9 Å². The number of nitrogens with zero attached hydrogens (tertiary/aromatic N) is 2. The lowest BCUT2D eigenvalue weighted by Gasteiger charge is -2.18. The second-order valence-corrected chi connectivity index (χ2v) is 6.75. The van der Waals surface area contributed by atoms with E-state index in [-0.39, 0.29) is 28.5 Å². The zero-order valence-corrected chi connectivity index (χ0v) is 13.8. The maximum atomic E-state index is 13.7. The van der Waals surface area contributed by atoms with Gasteiger partial charge >= 0.3 is 0 Å². The number of benzene rings is 2. The average Bonchev–Trinajstić information content (AvgIpc) is 2.92. The molecule has 126 valence electrons. The number of hydrogen-bond donors (Lipinski definition) is 2. The smallest absolute Gasteiger partial charge is 0.235 e. The summed E-state index contributed by atoms with van der Waals surface area (Å²) in [5.74, 6) is 0.460.